The smallest absolute Gasteiger partial charge is 0.0547 e. The highest BCUT2D eigenvalue weighted by Gasteiger charge is 2.14. The number of benzene rings is 4. The van der Waals surface area contributed by atoms with E-state index in [1.54, 1.807) is 0 Å². The van der Waals surface area contributed by atoms with Gasteiger partial charge in [-0.1, -0.05) is 74.0 Å². The topological polar surface area (TPSA) is 4.93 Å². The lowest BCUT2D eigenvalue weighted by Gasteiger charge is -2.08. The summed E-state index contributed by atoms with van der Waals surface area (Å²) >= 11 is 0. The first kappa shape index (κ1) is 16.4. The van der Waals surface area contributed by atoms with Crippen LogP contribution in [0.2, 0.25) is 0 Å². The molecule has 0 N–H and O–H groups in total. The molecule has 0 atom stereocenters. The number of aryl methyl sites for hydroxylation is 1. The highest BCUT2D eigenvalue weighted by molar-refractivity contribution is 6.21. The SMILES string of the molecule is CC.Cc1ccc2c(c1)c1c3ccccc3ccc1n2-c1ccccc1. The molecule has 5 aromatic rings. The van der Waals surface area contributed by atoms with Gasteiger partial charge in [0.05, 0.1) is 11.0 Å². The minimum atomic E-state index is 1.21. The van der Waals surface area contributed by atoms with Crippen molar-refractivity contribution in [3.63, 3.8) is 0 Å². The molecule has 0 saturated heterocycles. The lowest BCUT2D eigenvalue weighted by Crippen LogP contribution is -1.92. The first-order chi connectivity index (χ1) is 12.8. The maximum atomic E-state index is 2.37. The van der Waals surface area contributed by atoms with Gasteiger partial charge in [0.2, 0.25) is 0 Å². The van der Waals surface area contributed by atoms with E-state index in [1.165, 1.54) is 43.8 Å². The van der Waals surface area contributed by atoms with Gasteiger partial charge in [0.1, 0.15) is 0 Å². The number of aromatic nitrogens is 1. The van der Waals surface area contributed by atoms with Gasteiger partial charge in [0.15, 0.2) is 0 Å². The predicted octanol–water partition coefficient (Wildman–Crippen LogP) is 7.27. The summed E-state index contributed by atoms with van der Waals surface area (Å²) in [6.07, 6.45) is 0. The van der Waals surface area contributed by atoms with Crippen LogP contribution in [0.15, 0.2) is 84.9 Å². The molecule has 0 amide bonds. The van der Waals surface area contributed by atoms with Crippen molar-refractivity contribution in [3.05, 3.63) is 90.5 Å². The third-order valence-electron chi connectivity index (χ3n) is 4.82. The Morgan fingerprint density at radius 1 is 0.615 bits per heavy atom. The van der Waals surface area contributed by atoms with Crippen molar-refractivity contribution in [1.82, 2.24) is 4.57 Å². The standard InChI is InChI=1S/C23H17N.C2H6/c1-16-11-13-21-20(15-16)23-19-10-6-5-7-17(19)12-14-22(23)24(21)18-8-3-2-4-9-18;1-2/h2-15H,1H3;1-2H3. The summed E-state index contributed by atoms with van der Waals surface area (Å²) in [4.78, 5) is 0. The summed E-state index contributed by atoms with van der Waals surface area (Å²) in [7, 11) is 0. The molecule has 0 aliphatic rings. The van der Waals surface area contributed by atoms with Gasteiger partial charge in [-0.05, 0) is 48.0 Å². The summed E-state index contributed by atoms with van der Waals surface area (Å²) in [6.45, 7) is 6.16. The second-order valence-corrected chi connectivity index (χ2v) is 6.37. The first-order valence-corrected chi connectivity index (χ1v) is 9.31. The minimum absolute atomic E-state index is 1.21. The van der Waals surface area contributed by atoms with E-state index in [2.05, 4.69) is 96.4 Å². The van der Waals surface area contributed by atoms with Gasteiger partial charge in [-0.25, -0.2) is 0 Å². The largest absolute Gasteiger partial charge is 0.309 e. The van der Waals surface area contributed by atoms with Gasteiger partial charge in [0, 0.05) is 16.5 Å². The number of nitrogens with zero attached hydrogens (tertiary/aromatic N) is 1. The third-order valence-corrected chi connectivity index (χ3v) is 4.82. The van der Waals surface area contributed by atoms with E-state index in [9.17, 15) is 0 Å². The van der Waals surface area contributed by atoms with Crippen LogP contribution >= 0.6 is 0 Å². The molecule has 128 valence electrons. The van der Waals surface area contributed by atoms with Crippen LogP contribution in [0.3, 0.4) is 0 Å². The molecule has 1 aromatic heterocycles. The van der Waals surface area contributed by atoms with Crippen LogP contribution in [0.1, 0.15) is 19.4 Å². The molecule has 0 saturated carbocycles. The quantitative estimate of drug-likeness (QED) is 0.303. The van der Waals surface area contributed by atoms with Gasteiger partial charge in [-0.15, -0.1) is 0 Å². The summed E-state index contributed by atoms with van der Waals surface area (Å²) in [5.74, 6) is 0. The zero-order valence-corrected chi connectivity index (χ0v) is 15.5. The Kier molecular flexibility index (Phi) is 4.22. The van der Waals surface area contributed by atoms with Crippen LogP contribution in [-0.4, -0.2) is 4.57 Å². The molecule has 26 heavy (non-hydrogen) atoms. The van der Waals surface area contributed by atoms with Crippen LogP contribution in [-0.2, 0) is 0 Å². The summed E-state index contributed by atoms with van der Waals surface area (Å²) < 4.78 is 2.37. The first-order valence-electron chi connectivity index (χ1n) is 9.31. The normalized spacial score (nSPS) is 10.9. The molecule has 0 fully saturated rings. The van der Waals surface area contributed by atoms with Crippen molar-refractivity contribution in [1.29, 1.82) is 0 Å². The van der Waals surface area contributed by atoms with Crippen molar-refractivity contribution < 1.29 is 0 Å². The van der Waals surface area contributed by atoms with Crippen molar-refractivity contribution in [2.24, 2.45) is 0 Å². The van der Waals surface area contributed by atoms with Crippen LogP contribution in [0.5, 0.6) is 0 Å². The molecule has 0 aliphatic carbocycles. The highest BCUT2D eigenvalue weighted by Crippen LogP contribution is 2.36. The Balaban J connectivity index is 0.000000814. The fraction of sp³-hybridized carbons (Fsp3) is 0.120. The molecular formula is C25H23N. The average molecular weight is 337 g/mol. The van der Waals surface area contributed by atoms with Gasteiger partial charge >= 0.3 is 0 Å². The Hall–Kier alpha value is -3.06. The van der Waals surface area contributed by atoms with Crippen molar-refractivity contribution in [3.8, 4) is 5.69 Å². The zero-order valence-electron chi connectivity index (χ0n) is 15.5. The number of para-hydroxylation sites is 1. The molecular weight excluding hydrogens is 314 g/mol. The molecule has 4 aromatic carbocycles. The molecule has 0 radical (unpaired) electrons. The fourth-order valence-electron chi connectivity index (χ4n) is 3.76. The second kappa shape index (κ2) is 6.68. The van der Waals surface area contributed by atoms with E-state index >= 15 is 0 Å². The fourth-order valence-corrected chi connectivity index (χ4v) is 3.76. The summed E-state index contributed by atoms with van der Waals surface area (Å²) in [6, 6.07) is 30.5. The van der Waals surface area contributed by atoms with E-state index in [4.69, 9.17) is 0 Å². The van der Waals surface area contributed by atoms with E-state index in [-0.39, 0.29) is 0 Å². The lowest BCUT2D eigenvalue weighted by molar-refractivity contribution is 1.18. The van der Waals surface area contributed by atoms with Gasteiger partial charge in [0.25, 0.3) is 0 Å². The number of rotatable bonds is 1. The van der Waals surface area contributed by atoms with E-state index in [0.717, 1.165) is 0 Å². The number of hydrogen-bond donors (Lipinski definition) is 0. The second-order valence-electron chi connectivity index (χ2n) is 6.37. The molecule has 0 aliphatic heterocycles. The van der Waals surface area contributed by atoms with E-state index in [1.807, 2.05) is 13.8 Å². The van der Waals surface area contributed by atoms with Gasteiger partial charge in [-0.3, -0.25) is 0 Å². The average Bonchev–Trinajstić information content (AvgIpc) is 3.04. The molecule has 1 heteroatoms. The van der Waals surface area contributed by atoms with Gasteiger partial charge in [-0.2, -0.15) is 0 Å². The highest BCUT2D eigenvalue weighted by atomic mass is 15.0. The molecule has 0 unspecified atom stereocenters. The molecule has 0 bridgehead atoms. The van der Waals surface area contributed by atoms with Crippen LogP contribution in [0, 0.1) is 6.92 Å². The molecule has 1 heterocycles. The summed E-state index contributed by atoms with van der Waals surface area (Å²) in [5.41, 5.74) is 5.03. The predicted molar refractivity (Wildman–Crippen MR) is 114 cm³/mol. The Morgan fingerprint density at radius 3 is 2.12 bits per heavy atom. The number of fused-ring (bicyclic) bond motifs is 5. The van der Waals surface area contributed by atoms with Crippen LogP contribution in [0.25, 0.3) is 38.3 Å². The van der Waals surface area contributed by atoms with E-state index < -0.39 is 0 Å². The molecule has 1 nitrogen and oxygen atoms in total. The van der Waals surface area contributed by atoms with Crippen LogP contribution in [0.4, 0.5) is 0 Å². The van der Waals surface area contributed by atoms with Crippen LogP contribution < -0.4 is 0 Å². The molecule has 5 rings (SSSR count). The Bertz CT molecular complexity index is 1200. The Morgan fingerprint density at radius 2 is 1.31 bits per heavy atom. The maximum absolute atomic E-state index is 2.37. The monoisotopic (exact) mass is 337 g/mol. The minimum Gasteiger partial charge on any atom is -0.309 e. The lowest BCUT2D eigenvalue weighted by atomic mass is 10.0. The third kappa shape index (κ3) is 2.48. The maximum Gasteiger partial charge on any atom is 0.0547 e. The summed E-state index contributed by atoms with van der Waals surface area (Å²) in [5, 5.41) is 5.28. The van der Waals surface area contributed by atoms with E-state index in [0.29, 0.717) is 0 Å². The zero-order chi connectivity index (χ0) is 18.1. The van der Waals surface area contributed by atoms with Crippen molar-refractivity contribution >= 4 is 32.6 Å². The van der Waals surface area contributed by atoms with Crippen molar-refractivity contribution in [2.45, 2.75) is 20.8 Å². The molecule has 0 spiro atoms. The van der Waals surface area contributed by atoms with Gasteiger partial charge < -0.3 is 4.57 Å². The number of hydrogen-bond acceptors (Lipinski definition) is 0. The Labute approximate surface area is 154 Å². The van der Waals surface area contributed by atoms with Crippen molar-refractivity contribution in [2.75, 3.05) is 0 Å².